The van der Waals surface area contributed by atoms with Crippen LogP contribution in [0.4, 0.5) is 0 Å². The maximum atomic E-state index is 12.0. The molecule has 1 aliphatic heterocycles. The van der Waals surface area contributed by atoms with Crippen LogP contribution in [0, 0.1) is 0 Å². The number of rotatable bonds is 5. The Balaban J connectivity index is 1.92. The molecular formula is C14H20N2O3S. The van der Waals surface area contributed by atoms with Gasteiger partial charge in [-0.25, -0.2) is 8.42 Å². The molecule has 20 heavy (non-hydrogen) atoms. The van der Waals surface area contributed by atoms with Gasteiger partial charge in [0.15, 0.2) is 9.84 Å². The minimum Gasteiger partial charge on any atom is -0.352 e. The summed E-state index contributed by atoms with van der Waals surface area (Å²) in [4.78, 5) is 12.1. The Labute approximate surface area is 119 Å². The Morgan fingerprint density at radius 1 is 1.45 bits per heavy atom. The zero-order valence-electron chi connectivity index (χ0n) is 11.6. The highest BCUT2D eigenvalue weighted by atomic mass is 32.2. The molecule has 0 aliphatic carbocycles. The second-order valence-corrected chi connectivity index (χ2v) is 7.15. The second-order valence-electron chi connectivity index (χ2n) is 5.14. The summed E-state index contributed by atoms with van der Waals surface area (Å²) in [6.45, 7) is 1.65. The maximum Gasteiger partial charge on any atom is 0.251 e. The maximum absolute atomic E-state index is 12.0. The molecule has 0 unspecified atom stereocenters. The Morgan fingerprint density at radius 3 is 2.90 bits per heavy atom. The summed E-state index contributed by atoms with van der Waals surface area (Å²) in [6.07, 6.45) is 4.38. The average Bonchev–Trinajstić information content (AvgIpc) is 2.91. The van der Waals surface area contributed by atoms with Gasteiger partial charge in [-0.05, 0) is 44.0 Å². The van der Waals surface area contributed by atoms with Crippen molar-refractivity contribution in [1.82, 2.24) is 10.6 Å². The van der Waals surface area contributed by atoms with E-state index < -0.39 is 9.84 Å². The van der Waals surface area contributed by atoms with Gasteiger partial charge in [0.25, 0.3) is 5.91 Å². The van der Waals surface area contributed by atoms with E-state index in [4.69, 9.17) is 0 Å². The van der Waals surface area contributed by atoms with Crippen LogP contribution in [-0.2, 0) is 9.84 Å². The molecule has 1 heterocycles. The van der Waals surface area contributed by atoms with Crippen LogP contribution < -0.4 is 10.6 Å². The molecular weight excluding hydrogens is 276 g/mol. The van der Waals surface area contributed by atoms with Crippen molar-refractivity contribution in [3.8, 4) is 0 Å². The number of hydrogen-bond donors (Lipinski definition) is 2. The first-order valence-electron chi connectivity index (χ1n) is 6.78. The van der Waals surface area contributed by atoms with Gasteiger partial charge in [0, 0.05) is 24.4 Å². The first kappa shape index (κ1) is 15.0. The molecule has 2 N–H and O–H groups in total. The SMILES string of the molecule is CS(=O)(=O)c1cccc(C(=O)NCC[C@@H]2CCCN2)c1. The molecule has 0 bridgehead atoms. The van der Waals surface area contributed by atoms with Crippen LogP contribution in [0.1, 0.15) is 29.6 Å². The topological polar surface area (TPSA) is 75.3 Å². The van der Waals surface area contributed by atoms with Crippen LogP contribution in [0.2, 0.25) is 0 Å². The smallest absolute Gasteiger partial charge is 0.251 e. The molecule has 0 spiro atoms. The Kier molecular flexibility index (Phi) is 4.77. The number of sulfone groups is 1. The van der Waals surface area contributed by atoms with Crippen LogP contribution in [-0.4, -0.2) is 39.7 Å². The third-order valence-corrected chi connectivity index (χ3v) is 4.58. The normalized spacial score (nSPS) is 18.9. The first-order chi connectivity index (χ1) is 9.47. The van der Waals surface area contributed by atoms with Gasteiger partial charge in [-0.3, -0.25) is 4.79 Å². The zero-order valence-corrected chi connectivity index (χ0v) is 12.4. The summed E-state index contributed by atoms with van der Waals surface area (Å²) in [5.74, 6) is -0.228. The molecule has 1 fully saturated rings. The summed E-state index contributed by atoms with van der Waals surface area (Å²) in [5.41, 5.74) is 0.382. The number of benzene rings is 1. The van der Waals surface area contributed by atoms with Crippen LogP contribution in [0.25, 0.3) is 0 Å². The Hall–Kier alpha value is -1.40. The lowest BCUT2D eigenvalue weighted by Crippen LogP contribution is -2.30. The lowest BCUT2D eigenvalue weighted by molar-refractivity contribution is 0.0952. The van der Waals surface area contributed by atoms with Gasteiger partial charge in [0.2, 0.25) is 0 Å². The number of carbonyl (C=O) groups excluding carboxylic acids is 1. The summed E-state index contributed by atoms with van der Waals surface area (Å²) in [7, 11) is -3.28. The van der Waals surface area contributed by atoms with Gasteiger partial charge in [-0.1, -0.05) is 6.07 Å². The minimum atomic E-state index is -3.28. The minimum absolute atomic E-state index is 0.169. The second kappa shape index (κ2) is 6.37. The molecule has 0 aromatic heterocycles. The van der Waals surface area contributed by atoms with E-state index in [1.54, 1.807) is 12.1 Å². The molecule has 110 valence electrons. The van der Waals surface area contributed by atoms with Crippen LogP contribution in [0.3, 0.4) is 0 Å². The van der Waals surface area contributed by atoms with Crippen LogP contribution in [0.5, 0.6) is 0 Å². The molecule has 0 saturated carbocycles. The van der Waals surface area contributed by atoms with Crippen LogP contribution >= 0.6 is 0 Å². The molecule has 1 aromatic carbocycles. The fourth-order valence-corrected chi connectivity index (χ4v) is 3.00. The van der Waals surface area contributed by atoms with Crippen molar-refractivity contribution in [3.63, 3.8) is 0 Å². The third-order valence-electron chi connectivity index (χ3n) is 3.47. The van der Waals surface area contributed by atoms with E-state index in [2.05, 4.69) is 10.6 Å². The average molecular weight is 296 g/mol. The molecule has 1 amide bonds. The van der Waals surface area contributed by atoms with Gasteiger partial charge < -0.3 is 10.6 Å². The van der Waals surface area contributed by atoms with E-state index >= 15 is 0 Å². The first-order valence-corrected chi connectivity index (χ1v) is 8.67. The van der Waals surface area contributed by atoms with E-state index in [9.17, 15) is 13.2 Å². The van der Waals surface area contributed by atoms with E-state index in [0.717, 1.165) is 25.6 Å². The van der Waals surface area contributed by atoms with Gasteiger partial charge in [-0.15, -0.1) is 0 Å². The standard InChI is InChI=1S/C14H20N2O3S/c1-20(18,19)13-6-2-4-11(10-13)14(17)16-9-7-12-5-3-8-15-12/h2,4,6,10,12,15H,3,5,7-9H2,1H3,(H,16,17)/t12-/m0/s1. The van der Waals surface area contributed by atoms with Gasteiger partial charge in [0.05, 0.1) is 4.90 Å². The molecule has 1 atom stereocenters. The fourth-order valence-electron chi connectivity index (χ4n) is 2.33. The summed E-state index contributed by atoms with van der Waals surface area (Å²) >= 11 is 0. The Morgan fingerprint density at radius 2 is 2.25 bits per heavy atom. The monoisotopic (exact) mass is 296 g/mol. The highest BCUT2D eigenvalue weighted by Crippen LogP contribution is 2.11. The highest BCUT2D eigenvalue weighted by molar-refractivity contribution is 7.90. The molecule has 5 nitrogen and oxygen atoms in total. The number of nitrogens with one attached hydrogen (secondary N) is 2. The van der Waals surface area contributed by atoms with Crippen molar-refractivity contribution in [3.05, 3.63) is 29.8 Å². The molecule has 6 heteroatoms. The zero-order chi connectivity index (χ0) is 14.6. The van der Waals surface area contributed by atoms with Crippen molar-refractivity contribution in [2.45, 2.75) is 30.2 Å². The quantitative estimate of drug-likeness (QED) is 0.849. The largest absolute Gasteiger partial charge is 0.352 e. The van der Waals surface area contributed by atoms with Crippen molar-refractivity contribution in [1.29, 1.82) is 0 Å². The van der Waals surface area contributed by atoms with E-state index in [1.807, 2.05) is 0 Å². The molecule has 1 aromatic rings. The fraction of sp³-hybridized carbons (Fsp3) is 0.500. The number of amides is 1. The predicted molar refractivity (Wildman–Crippen MR) is 77.5 cm³/mol. The van der Waals surface area contributed by atoms with Gasteiger partial charge >= 0.3 is 0 Å². The van der Waals surface area contributed by atoms with E-state index in [-0.39, 0.29) is 10.8 Å². The summed E-state index contributed by atoms with van der Waals surface area (Å²) in [5, 5.41) is 6.20. The lowest BCUT2D eigenvalue weighted by Gasteiger charge is -2.11. The van der Waals surface area contributed by atoms with Crippen molar-refractivity contribution >= 4 is 15.7 Å². The van der Waals surface area contributed by atoms with Crippen molar-refractivity contribution in [2.75, 3.05) is 19.3 Å². The molecule has 1 saturated heterocycles. The van der Waals surface area contributed by atoms with Crippen LogP contribution in [0.15, 0.2) is 29.2 Å². The molecule has 1 aliphatic rings. The van der Waals surface area contributed by atoms with E-state index in [0.29, 0.717) is 18.2 Å². The van der Waals surface area contributed by atoms with Gasteiger partial charge in [0.1, 0.15) is 0 Å². The highest BCUT2D eigenvalue weighted by Gasteiger charge is 2.15. The lowest BCUT2D eigenvalue weighted by atomic mass is 10.1. The Bertz CT molecular complexity index is 578. The predicted octanol–water partition coefficient (Wildman–Crippen LogP) is 0.962. The van der Waals surface area contributed by atoms with Gasteiger partial charge in [-0.2, -0.15) is 0 Å². The van der Waals surface area contributed by atoms with Crippen molar-refractivity contribution < 1.29 is 13.2 Å². The van der Waals surface area contributed by atoms with E-state index in [1.165, 1.54) is 18.6 Å². The molecule has 0 radical (unpaired) electrons. The van der Waals surface area contributed by atoms with Crippen molar-refractivity contribution in [2.24, 2.45) is 0 Å². The number of hydrogen-bond acceptors (Lipinski definition) is 4. The summed E-state index contributed by atoms with van der Waals surface area (Å²) in [6, 6.07) is 6.60. The summed E-state index contributed by atoms with van der Waals surface area (Å²) < 4.78 is 22.9. The molecule has 2 rings (SSSR count). The third kappa shape index (κ3) is 4.05. The number of carbonyl (C=O) groups is 1.